The van der Waals surface area contributed by atoms with Gasteiger partial charge in [-0.3, -0.25) is 4.55 Å². The van der Waals surface area contributed by atoms with E-state index in [0.717, 1.165) is 0 Å². The van der Waals surface area contributed by atoms with Crippen LogP contribution in [0.25, 0.3) is 0 Å². The number of nitrogens with zero attached hydrogens (tertiary/aromatic N) is 1. The van der Waals surface area contributed by atoms with Crippen LogP contribution in [0.1, 0.15) is 0 Å². The molecule has 0 aromatic rings. The molecule has 0 aliphatic carbocycles. The van der Waals surface area contributed by atoms with Crippen molar-refractivity contribution in [3.05, 3.63) is 0 Å². The number of hydrogen-bond acceptors (Lipinski definition) is 3. The first-order chi connectivity index (χ1) is 3.92. The molecule has 1 N–H and O–H groups in total. The van der Waals surface area contributed by atoms with Gasteiger partial charge in [0.2, 0.25) is 0 Å². The monoisotopic (exact) mass is 176 g/mol. The minimum absolute atomic E-state index is 0. The van der Waals surface area contributed by atoms with E-state index in [-0.39, 0.29) is 35.3 Å². The van der Waals surface area contributed by atoms with Gasteiger partial charge in [0.1, 0.15) is 0 Å². The molecule has 0 unspecified atom stereocenters. The smallest absolute Gasteiger partial charge is 0.266 e. The maximum Gasteiger partial charge on any atom is 0.266 e. The van der Waals surface area contributed by atoms with E-state index in [1.54, 1.807) is 19.0 Å². The molecular formula is C4H11NNaO3S. The molecule has 0 amide bonds. The Bertz CT molecular complexity index is 165. The van der Waals surface area contributed by atoms with Gasteiger partial charge in [0.15, 0.2) is 0 Å². The standard InChI is InChI=1S/C4H11NO3S.Na/c1-5(2)3-4-9(6,7)8;/h3-4H2,1-2H3,(H,6,7,8);. The topological polar surface area (TPSA) is 57.6 Å². The Labute approximate surface area is 83.6 Å². The third kappa shape index (κ3) is 11.6. The molecule has 0 atom stereocenters. The van der Waals surface area contributed by atoms with Crippen LogP contribution in [-0.4, -0.2) is 73.8 Å². The van der Waals surface area contributed by atoms with Gasteiger partial charge in [0.25, 0.3) is 10.1 Å². The zero-order chi connectivity index (χ0) is 7.49. The number of hydrogen-bond donors (Lipinski definition) is 1. The Kier molecular flexibility index (Phi) is 7.42. The molecule has 0 aliphatic heterocycles. The van der Waals surface area contributed by atoms with Gasteiger partial charge >= 0.3 is 0 Å². The summed E-state index contributed by atoms with van der Waals surface area (Å²) in [5, 5.41) is 0. The summed E-state index contributed by atoms with van der Waals surface area (Å²) >= 11 is 0. The summed E-state index contributed by atoms with van der Waals surface area (Å²) in [6, 6.07) is 0. The van der Waals surface area contributed by atoms with Crippen LogP contribution in [0.5, 0.6) is 0 Å². The fourth-order valence-corrected chi connectivity index (χ4v) is 0.894. The molecule has 0 aromatic carbocycles. The maximum atomic E-state index is 10.1. The molecule has 0 rings (SSSR count). The van der Waals surface area contributed by atoms with E-state index in [1.165, 1.54) is 0 Å². The van der Waals surface area contributed by atoms with Gasteiger partial charge in [0, 0.05) is 36.1 Å². The molecule has 10 heavy (non-hydrogen) atoms. The van der Waals surface area contributed by atoms with Crippen molar-refractivity contribution in [2.45, 2.75) is 0 Å². The third-order valence-electron chi connectivity index (χ3n) is 0.796. The SMILES string of the molecule is CN(C)CCS(=O)(=O)O.[Na]. The molecule has 0 heterocycles. The van der Waals surface area contributed by atoms with Crippen LogP contribution in [0.15, 0.2) is 0 Å². The molecular weight excluding hydrogens is 165 g/mol. The van der Waals surface area contributed by atoms with Crippen molar-refractivity contribution < 1.29 is 13.0 Å². The summed E-state index contributed by atoms with van der Waals surface area (Å²) in [7, 11) is -0.278. The van der Waals surface area contributed by atoms with E-state index < -0.39 is 10.1 Å². The van der Waals surface area contributed by atoms with Crippen molar-refractivity contribution in [2.75, 3.05) is 26.4 Å². The summed E-state index contributed by atoms with van der Waals surface area (Å²) in [6.07, 6.45) is 0. The Morgan fingerprint density at radius 2 is 1.80 bits per heavy atom. The predicted molar refractivity (Wildman–Crippen MR) is 40.7 cm³/mol. The second kappa shape index (κ2) is 5.51. The zero-order valence-corrected chi connectivity index (χ0v) is 9.35. The first-order valence-electron chi connectivity index (χ1n) is 2.52. The van der Waals surface area contributed by atoms with Gasteiger partial charge in [-0.25, -0.2) is 0 Å². The summed E-state index contributed by atoms with van der Waals surface area (Å²) in [6.45, 7) is 0.360. The van der Waals surface area contributed by atoms with E-state index >= 15 is 0 Å². The molecule has 0 aromatic heterocycles. The van der Waals surface area contributed by atoms with E-state index in [1.807, 2.05) is 0 Å². The van der Waals surface area contributed by atoms with Crippen LogP contribution in [0.2, 0.25) is 0 Å². The fourth-order valence-electron chi connectivity index (χ4n) is 0.298. The van der Waals surface area contributed by atoms with Crippen LogP contribution >= 0.6 is 0 Å². The molecule has 0 saturated carbocycles. The third-order valence-corrected chi connectivity index (χ3v) is 1.49. The second-order valence-electron chi connectivity index (χ2n) is 2.09. The minimum atomic E-state index is -3.76. The summed E-state index contributed by atoms with van der Waals surface area (Å²) < 4.78 is 28.3. The summed E-state index contributed by atoms with van der Waals surface area (Å²) in [4.78, 5) is 1.69. The largest absolute Gasteiger partial charge is 0.308 e. The average molecular weight is 176 g/mol. The van der Waals surface area contributed by atoms with Crippen molar-refractivity contribution in [3.8, 4) is 0 Å². The quantitative estimate of drug-likeness (QED) is 0.445. The van der Waals surface area contributed by atoms with Gasteiger partial charge < -0.3 is 4.90 Å². The van der Waals surface area contributed by atoms with Crippen LogP contribution in [0.4, 0.5) is 0 Å². The van der Waals surface area contributed by atoms with Crippen LogP contribution in [0.3, 0.4) is 0 Å². The van der Waals surface area contributed by atoms with Gasteiger partial charge in [-0.15, -0.1) is 0 Å². The molecule has 0 aliphatic rings. The van der Waals surface area contributed by atoms with E-state index in [4.69, 9.17) is 4.55 Å². The van der Waals surface area contributed by atoms with Crippen molar-refractivity contribution in [1.82, 2.24) is 4.90 Å². The van der Waals surface area contributed by atoms with E-state index in [9.17, 15) is 8.42 Å². The molecule has 0 bridgehead atoms. The first kappa shape index (κ1) is 13.5. The fraction of sp³-hybridized carbons (Fsp3) is 1.00. The van der Waals surface area contributed by atoms with Crippen molar-refractivity contribution >= 4 is 39.7 Å². The Morgan fingerprint density at radius 3 is 1.90 bits per heavy atom. The second-order valence-corrected chi connectivity index (χ2v) is 3.66. The Morgan fingerprint density at radius 1 is 1.40 bits per heavy atom. The van der Waals surface area contributed by atoms with Gasteiger partial charge in [-0.05, 0) is 14.1 Å². The van der Waals surface area contributed by atoms with Crippen LogP contribution in [0, 0.1) is 0 Å². The van der Waals surface area contributed by atoms with Gasteiger partial charge in [0.05, 0.1) is 5.75 Å². The van der Waals surface area contributed by atoms with Crippen molar-refractivity contribution in [3.63, 3.8) is 0 Å². The van der Waals surface area contributed by atoms with Crippen LogP contribution < -0.4 is 0 Å². The zero-order valence-electron chi connectivity index (χ0n) is 6.53. The van der Waals surface area contributed by atoms with Crippen LogP contribution in [-0.2, 0) is 10.1 Å². The summed E-state index contributed by atoms with van der Waals surface area (Å²) in [5.41, 5.74) is 0. The molecule has 1 radical (unpaired) electrons. The maximum absolute atomic E-state index is 10.1. The Balaban J connectivity index is 0. The predicted octanol–water partition coefficient (Wildman–Crippen LogP) is -0.945. The van der Waals surface area contributed by atoms with E-state index in [2.05, 4.69) is 0 Å². The van der Waals surface area contributed by atoms with Gasteiger partial charge in [-0.2, -0.15) is 8.42 Å². The molecule has 0 saturated heterocycles. The Hall–Kier alpha value is 0.870. The van der Waals surface area contributed by atoms with Gasteiger partial charge in [-0.1, -0.05) is 0 Å². The van der Waals surface area contributed by atoms with E-state index in [0.29, 0.717) is 6.54 Å². The first-order valence-corrected chi connectivity index (χ1v) is 4.12. The number of rotatable bonds is 3. The normalized spacial score (nSPS) is 11.2. The average Bonchev–Trinajstić information content (AvgIpc) is 1.59. The molecule has 6 heteroatoms. The minimum Gasteiger partial charge on any atom is -0.308 e. The molecule has 4 nitrogen and oxygen atoms in total. The van der Waals surface area contributed by atoms with Crippen molar-refractivity contribution in [1.29, 1.82) is 0 Å². The molecule has 0 fully saturated rings. The van der Waals surface area contributed by atoms with Crippen molar-refractivity contribution in [2.24, 2.45) is 0 Å². The summed E-state index contributed by atoms with van der Waals surface area (Å²) in [5.74, 6) is -0.194. The molecule has 0 spiro atoms. The molecule has 57 valence electrons.